The Labute approximate surface area is 187 Å². The fourth-order valence-electron chi connectivity index (χ4n) is 3.35. The molecule has 1 amide bonds. The van der Waals surface area contributed by atoms with E-state index in [1.54, 1.807) is 25.6 Å². The average molecular weight is 437 g/mol. The quantitative estimate of drug-likeness (QED) is 0.444. The van der Waals surface area contributed by atoms with E-state index >= 15 is 0 Å². The van der Waals surface area contributed by atoms with Gasteiger partial charge in [0, 0.05) is 18.0 Å². The molecule has 5 nitrogen and oxygen atoms in total. The van der Waals surface area contributed by atoms with Gasteiger partial charge in [-0.1, -0.05) is 36.4 Å². The van der Waals surface area contributed by atoms with Crippen molar-refractivity contribution in [2.75, 3.05) is 27.3 Å². The predicted octanol–water partition coefficient (Wildman–Crippen LogP) is 4.66. The van der Waals surface area contributed by atoms with E-state index in [-0.39, 0.29) is 18.5 Å². The maximum absolute atomic E-state index is 13.0. The third kappa shape index (κ3) is 6.44. The van der Waals surface area contributed by atoms with Crippen molar-refractivity contribution >= 4 is 17.2 Å². The van der Waals surface area contributed by atoms with Crippen LogP contribution in [0.25, 0.3) is 0 Å². The first-order valence-electron chi connectivity index (χ1n) is 10.1. The van der Waals surface area contributed by atoms with E-state index in [1.165, 1.54) is 4.88 Å². The summed E-state index contributed by atoms with van der Waals surface area (Å²) in [5, 5.41) is 5.25. The first-order chi connectivity index (χ1) is 15.1. The molecule has 0 aliphatic rings. The molecule has 31 heavy (non-hydrogen) atoms. The molecule has 2 aromatic carbocycles. The second kappa shape index (κ2) is 11.3. The molecule has 1 aromatic heterocycles. The number of thiophene rings is 1. The third-order valence-corrected chi connectivity index (χ3v) is 5.78. The van der Waals surface area contributed by atoms with Crippen LogP contribution in [0.15, 0.2) is 78.7 Å². The van der Waals surface area contributed by atoms with Crippen molar-refractivity contribution in [1.29, 1.82) is 0 Å². The first kappa shape index (κ1) is 22.6. The topological polar surface area (TPSA) is 50.8 Å². The maximum Gasteiger partial charge on any atom is 0.234 e. The molecular formula is C25H28N2O3S. The predicted molar refractivity (Wildman–Crippen MR) is 126 cm³/mol. The van der Waals surface area contributed by atoms with E-state index in [9.17, 15) is 4.79 Å². The van der Waals surface area contributed by atoms with Crippen molar-refractivity contribution in [3.05, 3.63) is 94.7 Å². The highest BCUT2D eigenvalue weighted by molar-refractivity contribution is 7.09. The minimum atomic E-state index is -0.281. The van der Waals surface area contributed by atoms with E-state index in [4.69, 9.17) is 9.47 Å². The number of hydrogen-bond acceptors (Lipinski definition) is 5. The van der Waals surface area contributed by atoms with Crippen LogP contribution < -0.4 is 14.8 Å². The number of methoxy groups -OCH3 is 2. The van der Waals surface area contributed by atoms with Crippen LogP contribution in [0.2, 0.25) is 0 Å². The fraction of sp³-hybridized carbons (Fsp3) is 0.240. The number of carbonyl (C=O) groups is 1. The SMILES string of the molecule is C=CCN(CC(=O)NC(c1ccc(OC)cc1)c1ccc(OC)cc1)Cc1cccs1. The van der Waals surface area contributed by atoms with Crippen molar-refractivity contribution in [3.8, 4) is 11.5 Å². The number of hydrogen-bond donors (Lipinski definition) is 1. The minimum absolute atomic E-state index is 0.0463. The molecule has 0 radical (unpaired) electrons. The summed E-state index contributed by atoms with van der Waals surface area (Å²) in [6.45, 7) is 5.47. The average Bonchev–Trinajstić information content (AvgIpc) is 3.31. The largest absolute Gasteiger partial charge is 0.497 e. The summed E-state index contributed by atoms with van der Waals surface area (Å²) in [6.07, 6.45) is 1.82. The molecule has 1 heterocycles. The number of nitrogens with one attached hydrogen (secondary N) is 1. The Morgan fingerprint density at radius 3 is 2.06 bits per heavy atom. The molecular weight excluding hydrogens is 408 g/mol. The second-order valence-corrected chi connectivity index (χ2v) is 8.12. The highest BCUT2D eigenvalue weighted by Gasteiger charge is 2.19. The normalized spacial score (nSPS) is 10.8. The Hall–Kier alpha value is -3.09. The Balaban J connectivity index is 1.78. The van der Waals surface area contributed by atoms with E-state index in [1.807, 2.05) is 66.1 Å². The van der Waals surface area contributed by atoms with Crippen LogP contribution in [0.1, 0.15) is 22.0 Å². The van der Waals surface area contributed by atoms with Crippen LogP contribution in [-0.4, -0.2) is 38.1 Å². The molecule has 0 fully saturated rings. The van der Waals surface area contributed by atoms with Crippen molar-refractivity contribution < 1.29 is 14.3 Å². The van der Waals surface area contributed by atoms with Gasteiger partial charge in [0.25, 0.3) is 0 Å². The molecule has 3 rings (SSSR count). The van der Waals surface area contributed by atoms with Gasteiger partial charge in [-0.05, 0) is 46.8 Å². The summed E-state index contributed by atoms with van der Waals surface area (Å²) < 4.78 is 10.6. The van der Waals surface area contributed by atoms with Gasteiger partial charge in [-0.15, -0.1) is 17.9 Å². The number of rotatable bonds is 11. The van der Waals surface area contributed by atoms with Gasteiger partial charge < -0.3 is 14.8 Å². The zero-order valence-electron chi connectivity index (χ0n) is 17.9. The van der Waals surface area contributed by atoms with Gasteiger partial charge in [0.05, 0.1) is 26.8 Å². The van der Waals surface area contributed by atoms with Gasteiger partial charge in [0.15, 0.2) is 0 Å². The summed E-state index contributed by atoms with van der Waals surface area (Å²) in [5.41, 5.74) is 1.96. The van der Waals surface area contributed by atoms with E-state index in [0.717, 1.165) is 22.6 Å². The second-order valence-electron chi connectivity index (χ2n) is 7.08. The minimum Gasteiger partial charge on any atom is -0.497 e. The highest BCUT2D eigenvalue weighted by Crippen LogP contribution is 2.26. The van der Waals surface area contributed by atoms with Gasteiger partial charge in [-0.3, -0.25) is 9.69 Å². The highest BCUT2D eigenvalue weighted by atomic mass is 32.1. The number of amides is 1. The smallest absolute Gasteiger partial charge is 0.234 e. The van der Waals surface area contributed by atoms with Crippen LogP contribution in [0, 0.1) is 0 Å². The number of benzene rings is 2. The molecule has 0 aliphatic carbocycles. The van der Waals surface area contributed by atoms with E-state index < -0.39 is 0 Å². The molecule has 0 spiro atoms. The van der Waals surface area contributed by atoms with Crippen LogP contribution in [-0.2, 0) is 11.3 Å². The van der Waals surface area contributed by atoms with E-state index in [2.05, 4.69) is 22.9 Å². The Kier molecular flexibility index (Phi) is 8.27. The van der Waals surface area contributed by atoms with Crippen LogP contribution in [0.3, 0.4) is 0 Å². The molecule has 0 atom stereocenters. The third-order valence-electron chi connectivity index (χ3n) is 4.92. The monoisotopic (exact) mass is 436 g/mol. The lowest BCUT2D eigenvalue weighted by Gasteiger charge is -2.24. The van der Waals surface area contributed by atoms with Crippen molar-refractivity contribution in [1.82, 2.24) is 10.2 Å². The number of carbonyl (C=O) groups excluding carboxylic acids is 1. The molecule has 0 saturated carbocycles. The molecule has 6 heteroatoms. The maximum atomic E-state index is 13.0. The standard InChI is InChI=1S/C25H28N2O3S/c1-4-15-27(17-23-6-5-16-31-23)18-24(28)26-25(19-7-11-21(29-2)12-8-19)20-9-13-22(30-3)14-10-20/h4-14,16,25H,1,15,17-18H2,2-3H3,(H,26,28). The summed E-state index contributed by atoms with van der Waals surface area (Å²) in [4.78, 5) is 16.3. The van der Waals surface area contributed by atoms with Gasteiger partial charge in [0.2, 0.25) is 5.91 Å². The molecule has 0 saturated heterocycles. The summed E-state index contributed by atoms with van der Waals surface area (Å²) >= 11 is 1.69. The molecule has 0 unspecified atom stereocenters. The molecule has 1 N–H and O–H groups in total. The molecule has 162 valence electrons. The summed E-state index contributed by atoms with van der Waals surface area (Å²) in [7, 11) is 3.28. The van der Waals surface area contributed by atoms with Crippen LogP contribution in [0.4, 0.5) is 0 Å². The van der Waals surface area contributed by atoms with Crippen LogP contribution >= 0.6 is 11.3 Å². The van der Waals surface area contributed by atoms with Crippen molar-refractivity contribution in [3.63, 3.8) is 0 Å². The summed E-state index contributed by atoms with van der Waals surface area (Å²) in [6, 6.07) is 19.3. The number of nitrogens with zero attached hydrogens (tertiary/aromatic N) is 1. The van der Waals surface area contributed by atoms with Gasteiger partial charge in [-0.25, -0.2) is 0 Å². The van der Waals surface area contributed by atoms with Gasteiger partial charge in [0.1, 0.15) is 11.5 Å². The fourth-order valence-corrected chi connectivity index (χ4v) is 4.10. The Morgan fingerprint density at radius 2 is 1.61 bits per heavy atom. The Bertz CT molecular complexity index is 906. The zero-order chi connectivity index (χ0) is 22.1. The molecule has 0 aliphatic heterocycles. The van der Waals surface area contributed by atoms with Gasteiger partial charge in [-0.2, -0.15) is 0 Å². The Morgan fingerprint density at radius 1 is 1.03 bits per heavy atom. The molecule has 0 bridgehead atoms. The van der Waals surface area contributed by atoms with Gasteiger partial charge >= 0.3 is 0 Å². The van der Waals surface area contributed by atoms with E-state index in [0.29, 0.717) is 13.1 Å². The van der Waals surface area contributed by atoms with Crippen molar-refractivity contribution in [2.45, 2.75) is 12.6 Å². The van der Waals surface area contributed by atoms with Crippen molar-refractivity contribution in [2.24, 2.45) is 0 Å². The lowest BCUT2D eigenvalue weighted by molar-refractivity contribution is -0.122. The summed E-state index contributed by atoms with van der Waals surface area (Å²) in [5.74, 6) is 1.50. The zero-order valence-corrected chi connectivity index (χ0v) is 18.7. The lowest BCUT2D eigenvalue weighted by Crippen LogP contribution is -2.39. The number of ether oxygens (including phenoxy) is 2. The lowest BCUT2D eigenvalue weighted by atomic mass is 9.98. The van der Waals surface area contributed by atoms with Crippen LogP contribution in [0.5, 0.6) is 11.5 Å². The first-order valence-corrected chi connectivity index (χ1v) is 10.9. The molecule has 3 aromatic rings.